The normalized spacial score (nSPS) is 20.1. The number of Topliss-reactive ketones (excluding diaryl/α,β-unsaturated/α-hetero) is 1. The summed E-state index contributed by atoms with van der Waals surface area (Å²) < 4.78 is 37.5. The van der Waals surface area contributed by atoms with E-state index in [0.29, 0.717) is 5.56 Å². The van der Waals surface area contributed by atoms with E-state index < -0.39 is 11.7 Å². The Hall–Kier alpha value is -1.36. The summed E-state index contributed by atoms with van der Waals surface area (Å²) in [6, 6.07) is 4.77. The minimum atomic E-state index is -4.36. The van der Waals surface area contributed by atoms with Gasteiger partial charge in [-0.1, -0.05) is 18.2 Å². The summed E-state index contributed by atoms with van der Waals surface area (Å²) in [5.74, 6) is -0.0353. The molecule has 1 heterocycles. The van der Waals surface area contributed by atoms with E-state index >= 15 is 0 Å². The van der Waals surface area contributed by atoms with Crippen LogP contribution in [-0.2, 0) is 17.4 Å². The van der Waals surface area contributed by atoms with Crippen molar-refractivity contribution in [3.8, 4) is 0 Å². The average molecular weight is 257 g/mol. The van der Waals surface area contributed by atoms with Gasteiger partial charge in [-0.2, -0.15) is 13.2 Å². The van der Waals surface area contributed by atoms with E-state index in [4.69, 9.17) is 0 Å². The van der Waals surface area contributed by atoms with Crippen molar-refractivity contribution in [1.29, 1.82) is 0 Å². The molecule has 0 spiro atoms. The number of hydrogen-bond acceptors (Lipinski definition) is 2. The predicted molar refractivity (Wildman–Crippen MR) is 61.2 cm³/mol. The third-order valence-electron chi connectivity index (χ3n) is 3.08. The van der Waals surface area contributed by atoms with Gasteiger partial charge in [-0.05, 0) is 31.0 Å². The lowest BCUT2D eigenvalue weighted by atomic mass is 10.0. The summed E-state index contributed by atoms with van der Waals surface area (Å²) in [4.78, 5) is 11.8. The molecular weight excluding hydrogens is 243 g/mol. The predicted octanol–water partition coefficient (Wildman–Crippen LogP) is 2.57. The first kappa shape index (κ1) is 13.1. The minimum Gasteiger partial charge on any atom is -0.307 e. The van der Waals surface area contributed by atoms with Crippen LogP contribution in [-0.4, -0.2) is 18.4 Å². The second kappa shape index (κ2) is 5.10. The molecule has 1 saturated heterocycles. The molecular formula is C13H14F3NO. The van der Waals surface area contributed by atoms with Crippen LogP contribution in [0.1, 0.15) is 24.0 Å². The maximum atomic E-state index is 12.5. The van der Waals surface area contributed by atoms with E-state index in [1.54, 1.807) is 6.07 Å². The highest BCUT2D eigenvalue weighted by atomic mass is 19.4. The van der Waals surface area contributed by atoms with Crippen molar-refractivity contribution in [1.82, 2.24) is 5.32 Å². The highest BCUT2D eigenvalue weighted by molar-refractivity contribution is 5.86. The smallest absolute Gasteiger partial charge is 0.307 e. The monoisotopic (exact) mass is 257 g/mol. The van der Waals surface area contributed by atoms with E-state index in [9.17, 15) is 18.0 Å². The summed E-state index contributed by atoms with van der Waals surface area (Å²) in [6.45, 7) is 0.805. The third-order valence-corrected chi connectivity index (χ3v) is 3.08. The van der Waals surface area contributed by atoms with Gasteiger partial charge in [0.15, 0.2) is 5.78 Å². The van der Waals surface area contributed by atoms with Crippen molar-refractivity contribution in [2.24, 2.45) is 0 Å². The Bertz CT molecular complexity index is 436. The number of rotatable bonds is 3. The molecule has 5 heteroatoms. The van der Waals surface area contributed by atoms with Gasteiger partial charge in [0.05, 0.1) is 11.6 Å². The topological polar surface area (TPSA) is 29.1 Å². The lowest BCUT2D eigenvalue weighted by Crippen LogP contribution is -2.31. The number of benzene rings is 1. The maximum Gasteiger partial charge on any atom is 0.416 e. The van der Waals surface area contributed by atoms with E-state index in [-0.39, 0.29) is 18.2 Å². The molecule has 0 aliphatic carbocycles. The molecule has 2 rings (SSSR count). The van der Waals surface area contributed by atoms with Crippen molar-refractivity contribution < 1.29 is 18.0 Å². The molecule has 1 aromatic carbocycles. The quantitative estimate of drug-likeness (QED) is 0.901. The Kier molecular flexibility index (Phi) is 3.71. The van der Waals surface area contributed by atoms with Gasteiger partial charge in [-0.3, -0.25) is 4.79 Å². The number of carbonyl (C=O) groups excluding carboxylic acids is 1. The molecule has 1 atom stereocenters. The second-order valence-electron chi connectivity index (χ2n) is 4.49. The largest absolute Gasteiger partial charge is 0.416 e. The van der Waals surface area contributed by atoms with Gasteiger partial charge in [0.2, 0.25) is 0 Å². The minimum absolute atomic E-state index is 0.0353. The maximum absolute atomic E-state index is 12.5. The van der Waals surface area contributed by atoms with Crippen LogP contribution in [0.4, 0.5) is 13.2 Å². The Balaban J connectivity index is 2.07. The Morgan fingerprint density at radius 1 is 1.39 bits per heavy atom. The zero-order valence-corrected chi connectivity index (χ0v) is 9.76. The molecule has 0 aromatic heterocycles. The lowest BCUT2D eigenvalue weighted by Gasteiger charge is -2.11. The van der Waals surface area contributed by atoms with Crippen molar-refractivity contribution in [2.75, 3.05) is 6.54 Å². The molecule has 0 radical (unpaired) electrons. The molecule has 0 amide bonds. The van der Waals surface area contributed by atoms with Crippen LogP contribution in [0, 0.1) is 0 Å². The number of halogens is 3. The van der Waals surface area contributed by atoms with E-state index in [1.807, 2.05) is 0 Å². The Morgan fingerprint density at radius 3 is 2.78 bits per heavy atom. The third kappa shape index (κ3) is 3.10. The fourth-order valence-corrected chi connectivity index (χ4v) is 2.14. The standard InChI is InChI=1S/C13H14F3NO/c14-13(15,16)10-4-1-3-9(7-10)8-12(18)11-5-2-6-17-11/h1,3-4,7,11,17H,2,5-6,8H2. The summed E-state index contributed by atoms with van der Waals surface area (Å²) in [5, 5.41) is 3.05. The molecule has 98 valence electrons. The highest BCUT2D eigenvalue weighted by Crippen LogP contribution is 2.29. The molecule has 0 saturated carbocycles. The zero-order chi connectivity index (χ0) is 13.2. The van der Waals surface area contributed by atoms with Crippen LogP contribution in [0.15, 0.2) is 24.3 Å². The second-order valence-corrected chi connectivity index (χ2v) is 4.49. The molecule has 1 fully saturated rings. The van der Waals surface area contributed by atoms with Crippen LogP contribution in [0.25, 0.3) is 0 Å². The molecule has 1 aliphatic rings. The van der Waals surface area contributed by atoms with Crippen molar-refractivity contribution in [3.05, 3.63) is 35.4 Å². The first-order valence-corrected chi connectivity index (χ1v) is 5.89. The van der Waals surface area contributed by atoms with E-state index in [1.165, 1.54) is 6.07 Å². The van der Waals surface area contributed by atoms with Crippen molar-refractivity contribution >= 4 is 5.78 Å². The van der Waals surface area contributed by atoms with Crippen molar-refractivity contribution in [3.63, 3.8) is 0 Å². The van der Waals surface area contributed by atoms with Crippen LogP contribution in [0.5, 0.6) is 0 Å². The molecule has 1 unspecified atom stereocenters. The molecule has 0 bridgehead atoms. The molecule has 1 aliphatic heterocycles. The summed E-state index contributed by atoms with van der Waals surface area (Å²) in [6.07, 6.45) is -2.58. The van der Waals surface area contributed by atoms with Gasteiger partial charge in [0.25, 0.3) is 0 Å². The zero-order valence-electron chi connectivity index (χ0n) is 9.76. The fourth-order valence-electron chi connectivity index (χ4n) is 2.14. The molecule has 1 N–H and O–H groups in total. The number of nitrogens with one attached hydrogen (secondary N) is 1. The van der Waals surface area contributed by atoms with Gasteiger partial charge < -0.3 is 5.32 Å². The van der Waals surface area contributed by atoms with Crippen molar-refractivity contribution in [2.45, 2.75) is 31.5 Å². The number of carbonyl (C=O) groups is 1. The van der Waals surface area contributed by atoms with Crippen LogP contribution < -0.4 is 5.32 Å². The molecule has 18 heavy (non-hydrogen) atoms. The first-order chi connectivity index (χ1) is 8.47. The lowest BCUT2D eigenvalue weighted by molar-refractivity contribution is -0.137. The Labute approximate surface area is 103 Å². The number of hydrogen-bond donors (Lipinski definition) is 1. The SMILES string of the molecule is O=C(Cc1cccc(C(F)(F)F)c1)C1CCCN1. The summed E-state index contributed by atoms with van der Waals surface area (Å²) >= 11 is 0. The van der Waals surface area contributed by atoms with Crippen LogP contribution in [0.2, 0.25) is 0 Å². The first-order valence-electron chi connectivity index (χ1n) is 5.89. The molecule has 1 aromatic rings. The van der Waals surface area contributed by atoms with Gasteiger partial charge in [0, 0.05) is 6.42 Å². The summed E-state index contributed by atoms with van der Waals surface area (Å²) in [7, 11) is 0. The van der Waals surface area contributed by atoms with Gasteiger partial charge in [-0.25, -0.2) is 0 Å². The van der Waals surface area contributed by atoms with Gasteiger partial charge in [-0.15, -0.1) is 0 Å². The average Bonchev–Trinajstić information content (AvgIpc) is 2.81. The van der Waals surface area contributed by atoms with E-state index in [0.717, 1.165) is 31.5 Å². The Morgan fingerprint density at radius 2 is 2.17 bits per heavy atom. The van der Waals surface area contributed by atoms with Gasteiger partial charge in [0.1, 0.15) is 0 Å². The van der Waals surface area contributed by atoms with Crippen LogP contribution in [0.3, 0.4) is 0 Å². The molecule has 2 nitrogen and oxygen atoms in total. The summed E-state index contributed by atoms with van der Waals surface area (Å²) in [5.41, 5.74) is -0.282. The van der Waals surface area contributed by atoms with Crippen LogP contribution >= 0.6 is 0 Å². The number of ketones is 1. The van der Waals surface area contributed by atoms with Gasteiger partial charge >= 0.3 is 6.18 Å². The number of alkyl halides is 3. The highest BCUT2D eigenvalue weighted by Gasteiger charge is 2.30. The van der Waals surface area contributed by atoms with E-state index in [2.05, 4.69) is 5.32 Å². The fraction of sp³-hybridized carbons (Fsp3) is 0.462.